The summed E-state index contributed by atoms with van der Waals surface area (Å²) in [7, 11) is -6.07. The zero-order chi connectivity index (χ0) is 16.8. The van der Waals surface area contributed by atoms with Crippen LogP contribution in [0.1, 0.15) is 26.7 Å². The van der Waals surface area contributed by atoms with Gasteiger partial charge in [0.1, 0.15) is 0 Å². The van der Waals surface area contributed by atoms with E-state index < -0.39 is 26.2 Å². The van der Waals surface area contributed by atoms with Gasteiger partial charge in [-0.15, -0.1) is 0 Å². The number of carbonyl (C=O) groups is 1. The molecule has 0 aromatic carbocycles. The molecule has 0 aliphatic rings. The Bertz CT molecular complexity index is 342. The molecule has 0 fully saturated rings. The Labute approximate surface area is 134 Å². The van der Waals surface area contributed by atoms with Gasteiger partial charge in [-0.1, -0.05) is 26.8 Å². The minimum absolute atomic E-state index is 0.135. The van der Waals surface area contributed by atoms with Crippen molar-refractivity contribution >= 4 is 32.1 Å². The normalized spacial score (nSPS) is 14.1. The predicted octanol–water partition coefficient (Wildman–Crippen LogP) is 3.94. The lowest BCUT2D eigenvalue weighted by molar-refractivity contribution is -0.132. The van der Waals surface area contributed by atoms with Crippen LogP contribution in [0.15, 0.2) is 12.2 Å². The zero-order valence-corrected chi connectivity index (χ0v) is 18.1. The van der Waals surface area contributed by atoms with Gasteiger partial charge in [0.15, 0.2) is 16.6 Å². The second kappa shape index (κ2) is 8.42. The van der Waals surface area contributed by atoms with E-state index in [-0.39, 0.29) is 11.9 Å². The summed E-state index contributed by atoms with van der Waals surface area (Å²) in [5, 5.41) is 0. The van der Waals surface area contributed by atoms with Crippen molar-refractivity contribution in [2.24, 2.45) is 5.92 Å². The quantitative estimate of drug-likeness (QED) is 0.467. The van der Waals surface area contributed by atoms with E-state index in [9.17, 15) is 4.79 Å². The molecule has 0 aromatic heterocycles. The number of carbonyl (C=O) groups excluding carboxylic acids is 1. The van der Waals surface area contributed by atoms with Gasteiger partial charge in [-0.3, -0.25) is 0 Å². The molecule has 0 N–H and O–H groups in total. The summed E-state index contributed by atoms with van der Waals surface area (Å²) in [6.07, 6.45) is 1.95. The van der Waals surface area contributed by atoms with Crippen molar-refractivity contribution in [3.8, 4) is 0 Å². The molecule has 1 atom stereocenters. The van der Waals surface area contributed by atoms with Crippen LogP contribution in [-0.4, -0.2) is 32.1 Å². The molecule has 0 saturated carbocycles. The molecule has 0 aliphatic heterocycles. The van der Waals surface area contributed by atoms with Crippen LogP contribution in [0.3, 0.4) is 0 Å². The molecule has 124 valence electrons. The minimum Gasteiger partial charge on any atom is -0.473 e. The topological polar surface area (TPSA) is 44.8 Å². The molecule has 0 rings (SSSR count). The third-order valence-electron chi connectivity index (χ3n) is 2.68. The van der Waals surface area contributed by atoms with Crippen molar-refractivity contribution in [2.45, 2.75) is 66.0 Å². The Morgan fingerprint density at radius 2 is 1.52 bits per heavy atom. The summed E-state index contributed by atoms with van der Waals surface area (Å²) < 4.78 is 17.5. The maximum atomic E-state index is 12.2. The highest BCUT2D eigenvalue weighted by Crippen LogP contribution is 2.18. The van der Waals surface area contributed by atoms with E-state index in [1.54, 1.807) is 0 Å². The molecule has 21 heavy (non-hydrogen) atoms. The fourth-order valence-corrected chi connectivity index (χ4v) is 7.58. The highest BCUT2D eigenvalue weighted by molar-refractivity contribution is 6.79. The van der Waals surface area contributed by atoms with E-state index in [1.807, 2.05) is 6.92 Å². The SMILES string of the molecule is C=C(C(=O)O[SiH](O[Si](C)(C)C)O[Si](C)(C)C)C(C)CCC. The standard InChI is InChI=1S/C14H32O4Si3/c1-10-11-12(2)13(3)14(15)16-19(17-20(4,5)6)18-21(7,8)9/h12,19H,3,10-11H2,1-2,4-9H3. The van der Waals surface area contributed by atoms with E-state index in [1.165, 1.54) is 0 Å². The average molecular weight is 349 g/mol. The molecule has 4 nitrogen and oxygen atoms in total. The average Bonchev–Trinajstić information content (AvgIpc) is 2.23. The minimum atomic E-state index is -2.45. The van der Waals surface area contributed by atoms with Crippen molar-refractivity contribution < 1.29 is 17.5 Å². The third-order valence-corrected chi connectivity index (χ3v) is 10.3. The summed E-state index contributed by atoms with van der Waals surface area (Å²) in [4.78, 5) is 12.2. The lowest BCUT2D eigenvalue weighted by Crippen LogP contribution is -2.46. The van der Waals surface area contributed by atoms with Crippen LogP contribution in [0.4, 0.5) is 0 Å². The Kier molecular flexibility index (Phi) is 8.33. The van der Waals surface area contributed by atoms with E-state index in [0.717, 1.165) is 12.8 Å². The maximum absolute atomic E-state index is 12.2. The predicted molar refractivity (Wildman–Crippen MR) is 95.3 cm³/mol. The molecule has 0 heterocycles. The van der Waals surface area contributed by atoms with Crippen molar-refractivity contribution in [1.29, 1.82) is 0 Å². The molecule has 0 radical (unpaired) electrons. The van der Waals surface area contributed by atoms with Gasteiger partial charge in [0.05, 0.1) is 0 Å². The molecule has 0 bridgehead atoms. The second-order valence-corrected chi connectivity index (χ2v) is 18.5. The molecule has 0 aromatic rings. The number of hydrogen-bond donors (Lipinski definition) is 0. The smallest absolute Gasteiger partial charge is 0.473 e. The van der Waals surface area contributed by atoms with Gasteiger partial charge in [-0.05, 0) is 51.6 Å². The van der Waals surface area contributed by atoms with Crippen molar-refractivity contribution in [3.05, 3.63) is 12.2 Å². The van der Waals surface area contributed by atoms with Crippen LogP contribution in [0.25, 0.3) is 0 Å². The summed E-state index contributed by atoms with van der Waals surface area (Å²) >= 11 is 0. The largest absolute Gasteiger partial charge is 0.530 e. The Balaban J connectivity index is 4.80. The monoisotopic (exact) mass is 348 g/mol. The first kappa shape index (κ1) is 20.8. The van der Waals surface area contributed by atoms with Crippen LogP contribution < -0.4 is 0 Å². The van der Waals surface area contributed by atoms with Gasteiger partial charge in [0.2, 0.25) is 0 Å². The molecular weight excluding hydrogens is 316 g/mol. The molecule has 0 aliphatic carbocycles. The first-order chi connectivity index (χ1) is 9.35. The van der Waals surface area contributed by atoms with Gasteiger partial charge in [0.25, 0.3) is 0 Å². The number of hydrogen-bond acceptors (Lipinski definition) is 4. The Hall–Kier alpha value is -0.219. The van der Waals surface area contributed by atoms with Crippen LogP contribution >= 0.6 is 0 Å². The molecule has 1 unspecified atom stereocenters. The fourth-order valence-electron chi connectivity index (χ4n) is 1.62. The van der Waals surface area contributed by atoms with Gasteiger partial charge in [-0.25, -0.2) is 4.79 Å². The number of rotatable bonds is 9. The van der Waals surface area contributed by atoms with E-state index in [2.05, 4.69) is 52.8 Å². The van der Waals surface area contributed by atoms with Gasteiger partial charge < -0.3 is 12.7 Å². The zero-order valence-electron chi connectivity index (χ0n) is 14.9. The van der Waals surface area contributed by atoms with Gasteiger partial charge in [-0.2, -0.15) is 0 Å². The van der Waals surface area contributed by atoms with E-state index in [0.29, 0.717) is 5.57 Å². The molecular formula is C14H32O4Si3. The fraction of sp³-hybridized carbons (Fsp3) is 0.786. The third kappa shape index (κ3) is 10.2. The van der Waals surface area contributed by atoms with Crippen LogP contribution in [-0.2, 0) is 17.5 Å². The van der Waals surface area contributed by atoms with Gasteiger partial charge >= 0.3 is 15.5 Å². The van der Waals surface area contributed by atoms with Crippen molar-refractivity contribution in [3.63, 3.8) is 0 Å². The summed E-state index contributed by atoms with van der Waals surface area (Å²) in [5.74, 6) is -0.222. The Morgan fingerprint density at radius 1 is 1.10 bits per heavy atom. The first-order valence-electron chi connectivity index (χ1n) is 7.61. The summed E-state index contributed by atoms with van der Waals surface area (Å²) in [6.45, 7) is 20.4. The summed E-state index contributed by atoms with van der Waals surface area (Å²) in [5.41, 5.74) is 0.521. The maximum Gasteiger partial charge on any atom is 0.530 e. The van der Waals surface area contributed by atoms with E-state index >= 15 is 0 Å². The lowest BCUT2D eigenvalue weighted by atomic mass is 9.98. The molecule has 7 heteroatoms. The highest BCUT2D eigenvalue weighted by Gasteiger charge is 2.33. The second-order valence-electron chi connectivity index (χ2n) is 7.37. The van der Waals surface area contributed by atoms with Crippen LogP contribution in [0.5, 0.6) is 0 Å². The van der Waals surface area contributed by atoms with Crippen LogP contribution in [0, 0.1) is 5.92 Å². The first-order valence-corrected chi connectivity index (χ1v) is 15.8. The van der Waals surface area contributed by atoms with Gasteiger partial charge in [0, 0.05) is 5.57 Å². The highest BCUT2D eigenvalue weighted by atomic mass is 28.5. The van der Waals surface area contributed by atoms with Crippen molar-refractivity contribution in [1.82, 2.24) is 0 Å². The summed E-state index contributed by atoms with van der Waals surface area (Å²) in [6, 6.07) is 0. The Morgan fingerprint density at radius 3 is 1.86 bits per heavy atom. The lowest BCUT2D eigenvalue weighted by Gasteiger charge is -2.29. The van der Waals surface area contributed by atoms with E-state index in [4.69, 9.17) is 12.7 Å². The van der Waals surface area contributed by atoms with Crippen LogP contribution in [0.2, 0.25) is 39.3 Å². The molecule has 0 amide bonds. The molecule has 0 spiro atoms. The molecule has 0 saturated heterocycles. The van der Waals surface area contributed by atoms with Crippen molar-refractivity contribution in [2.75, 3.05) is 0 Å².